The smallest absolute Gasteiger partial charge is 0.306 e. The molecule has 0 spiro atoms. The summed E-state index contributed by atoms with van der Waals surface area (Å²) < 4.78 is 5.39. The Morgan fingerprint density at radius 2 is 2.11 bits per heavy atom. The molecule has 5 nitrogen and oxygen atoms in total. The summed E-state index contributed by atoms with van der Waals surface area (Å²) >= 11 is 0. The zero-order valence-corrected chi connectivity index (χ0v) is 11.3. The lowest BCUT2D eigenvalue weighted by Crippen LogP contribution is -2.46. The zero-order chi connectivity index (χ0) is 13.6. The molecule has 3 N–H and O–H groups in total. The first-order chi connectivity index (χ1) is 8.47. The summed E-state index contributed by atoms with van der Waals surface area (Å²) in [6, 6.07) is 0. The number of rotatable bonds is 7. The van der Waals surface area contributed by atoms with Gasteiger partial charge in [-0.25, -0.2) is 0 Å². The van der Waals surface area contributed by atoms with E-state index in [9.17, 15) is 9.90 Å². The van der Waals surface area contributed by atoms with Crippen molar-refractivity contribution in [1.29, 1.82) is 0 Å². The molecule has 5 heteroatoms. The fraction of sp³-hybridized carbons (Fsp3) is 0.923. The van der Waals surface area contributed by atoms with Gasteiger partial charge in [-0.05, 0) is 39.5 Å². The number of hydrogen-bond acceptors (Lipinski definition) is 4. The second-order valence-electron chi connectivity index (χ2n) is 5.23. The number of hydrogen-bond donors (Lipinski definition) is 3. The van der Waals surface area contributed by atoms with Crippen LogP contribution in [0.25, 0.3) is 0 Å². The van der Waals surface area contributed by atoms with Crippen LogP contribution in [0.15, 0.2) is 0 Å². The van der Waals surface area contributed by atoms with E-state index in [1.54, 1.807) is 0 Å². The maximum atomic E-state index is 10.8. The highest BCUT2D eigenvalue weighted by Crippen LogP contribution is 2.31. The van der Waals surface area contributed by atoms with Gasteiger partial charge in [-0.3, -0.25) is 4.79 Å². The minimum atomic E-state index is -0.752. The molecule has 0 heterocycles. The van der Waals surface area contributed by atoms with Gasteiger partial charge < -0.3 is 20.3 Å². The van der Waals surface area contributed by atoms with E-state index >= 15 is 0 Å². The molecule has 0 radical (unpaired) electrons. The first kappa shape index (κ1) is 15.4. The Hall–Kier alpha value is -0.650. The molecule has 0 aromatic rings. The fourth-order valence-corrected chi connectivity index (χ4v) is 2.43. The van der Waals surface area contributed by atoms with Crippen LogP contribution >= 0.6 is 0 Å². The first-order valence-corrected chi connectivity index (χ1v) is 6.74. The molecule has 0 aromatic carbocycles. The summed E-state index contributed by atoms with van der Waals surface area (Å²) in [5.74, 6) is -1.03. The van der Waals surface area contributed by atoms with Crippen molar-refractivity contribution in [1.82, 2.24) is 5.32 Å². The summed E-state index contributed by atoms with van der Waals surface area (Å²) in [6.07, 6.45) is 2.37. The van der Waals surface area contributed by atoms with Gasteiger partial charge in [-0.1, -0.05) is 0 Å². The number of aliphatic carboxylic acids is 1. The Kier molecular flexibility index (Phi) is 6.05. The highest BCUT2D eigenvalue weighted by atomic mass is 16.5. The third-order valence-corrected chi connectivity index (χ3v) is 3.60. The summed E-state index contributed by atoms with van der Waals surface area (Å²) in [7, 11) is 0. The minimum Gasteiger partial charge on any atom is -0.481 e. The van der Waals surface area contributed by atoms with E-state index in [2.05, 4.69) is 5.32 Å². The summed E-state index contributed by atoms with van der Waals surface area (Å²) in [6.45, 7) is 5.85. The van der Waals surface area contributed by atoms with Gasteiger partial charge in [0.1, 0.15) is 0 Å². The second-order valence-corrected chi connectivity index (χ2v) is 5.23. The number of ether oxygens (including phenoxy) is 1. The maximum Gasteiger partial charge on any atom is 0.306 e. The Morgan fingerprint density at radius 1 is 1.50 bits per heavy atom. The maximum absolute atomic E-state index is 10.8. The molecule has 0 bridgehead atoms. The number of nitrogens with one attached hydrogen (secondary N) is 1. The number of carboxylic acid groups (broad SMARTS) is 1. The summed E-state index contributed by atoms with van der Waals surface area (Å²) in [5.41, 5.74) is -0.752. The average molecular weight is 259 g/mol. The van der Waals surface area contributed by atoms with Gasteiger partial charge in [0.25, 0.3) is 0 Å². The van der Waals surface area contributed by atoms with Crippen LogP contribution in [0.5, 0.6) is 0 Å². The summed E-state index contributed by atoms with van der Waals surface area (Å²) in [4.78, 5) is 10.8. The van der Waals surface area contributed by atoms with Gasteiger partial charge in [-0.2, -0.15) is 0 Å². The van der Waals surface area contributed by atoms with Crippen LogP contribution in [0.3, 0.4) is 0 Å². The Bertz CT molecular complexity index is 262. The van der Waals surface area contributed by atoms with Crippen LogP contribution in [-0.2, 0) is 9.53 Å². The number of carbonyl (C=O) groups is 1. The van der Waals surface area contributed by atoms with Gasteiger partial charge in [0, 0.05) is 19.7 Å². The molecule has 18 heavy (non-hydrogen) atoms. The fourth-order valence-electron chi connectivity index (χ4n) is 2.43. The van der Waals surface area contributed by atoms with Gasteiger partial charge in [0.05, 0.1) is 17.6 Å². The van der Waals surface area contributed by atoms with Crippen molar-refractivity contribution in [2.45, 2.75) is 51.2 Å². The molecule has 1 saturated carbocycles. The average Bonchev–Trinajstić information content (AvgIpc) is 2.29. The first-order valence-electron chi connectivity index (χ1n) is 6.74. The quantitative estimate of drug-likeness (QED) is 0.636. The molecule has 1 fully saturated rings. The molecule has 1 unspecified atom stereocenters. The zero-order valence-electron chi connectivity index (χ0n) is 11.3. The molecule has 0 aromatic heterocycles. The van der Waals surface area contributed by atoms with Crippen molar-refractivity contribution in [3.63, 3.8) is 0 Å². The van der Waals surface area contributed by atoms with Crippen molar-refractivity contribution in [2.24, 2.45) is 5.92 Å². The van der Waals surface area contributed by atoms with Gasteiger partial charge in [0.2, 0.25) is 0 Å². The van der Waals surface area contributed by atoms with E-state index in [4.69, 9.17) is 9.84 Å². The van der Waals surface area contributed by atoms with E-state index in [1.165, 1.54) is 0 Å². The Morgan fingerprint density at radius 3 is 2.61 bits per heavy atom. The molecule has 1 rings (SSSR count). The molecular weight excluding hydrogens is 234 g/mol. The lowest BCUT2D eigenvalue weighted by Gasteiger charge is -2.35. The Labute approximate surface area is 109 Å². The van der Waals surface area contributed by atoms with E-state index in [0.29, 0.717) is 45.4 Å². The molecule has 106 valence electrons. The molecular formula is C13H25NO4. The largest absolute Gasteiger partial charge is 0.481 e. The second kappa shape index (κ2) is 7.07. The monoisotopic (exact) mass is 259 g/mol. The SMILES string of the molecule is CCOC(C)CNCC1(O)CCC(C(=O)O)CC1. The number of carboxylic acids is 1. The van der Waals surface area contributed by atoms with Gasteiger partial charge in [0.15, 0.2) is 0 Å². The van der Waals surface area contributed by atoms with Crippen molar-refractivity contribution >= 4 is 5.97 Å². The lowest BCUT2D eigenvalue weighted by molar-refractivity contribution is -0.144. The molecule has 0 amide bonds. The van der Waals surface area contributed by atoms with Crippen molar-refractivity contribution in [3.05, 3.63) is 0 Å². The highest BCUT2D eigenvalue weighted by Gasteiger charge is 2.35. The third kappa shape index (κ3) is 4.92. The molecule has 0 aliphatic heterocycles. The predicted molar refractivity (Wildman–Crippen MR) is 68.5 cm³/mol. The van der Waals surface area contributed by atoms with E-state index < -0.39 is 11.6 Å². The minimum absolute atomic E-state index is 0.133. The van der Waals surface area contributed by atoms with Crippen LogP contribution in [0.1, 0.15) is 39.5 Å². The third-order valence-electron chi connectivity index (χ3n) is 3.60. The van der Waals surface area contributed by atoms with Gasteiger partial charge >= 0.3 is 5.97 Å². The van der Waals surface area contributed by atoms with Crippen molar-refractivity contribution in [3.8, 4) is 0 Å². The van der Waals surface area contributed by atoms with E-state index in [1.807, 2.05) is 13.8 Å². The number of aliphatic hydroxyl groups is 1. The van der Waals surface area contributed by atoms with Crippen LogP contribution < -0.4 is 5.32 Å². The highest BCUT2D eigenvalue weighted by molar-refractivity contribution is 5.70. The lowest BCUT2D eigenvalue weighted by atomic mass is 9.79. The molecule has 1 aliphatic carbocycles. The van der Waals surface area contributed by atoms with Crippen LogP contribution in [0.4, 0.5) is 0 Å². The van der Waals surface area contributed by atoms with Crippen LogP contribution in [0, 0.1) is 5.92 Å². The predicted octanol–water partition coefficient (Wildman–Crippen LogP) is 1.01. The normalized spacial score (nSPS) is 30.1. The molecule has 0 saturated heterocycles. The molecule has 1 aliphatic rings. The van der Waals surface area contributed by atoms with Crippen molar-refractivity contribution < 1.29 is 19.7 Å². The van der Waals surface area contributed by atoms with Gasteiger partial charge in [-0.15, -0.1) is 0 Å². The van der Waals surface area contributed by atoms with Crippen molar-refractivity contribution in [2.75, 3.05) is 19.7 Å². The van der Waals surface area contributed by atoms with E-state index in [0.717, 1.165) is 0 Å². The van der Waals surface area contributed by atoms with E-state index in [-0.39, 0.29) is 12.0 Å². The Balaban J connectivity index is 2.24. The van der Waals surface area contributed by atoms with Crippen LogP contribution in [-0.4, -0.2) is 47.6 Å². The molecule has 1 atom stereocenters. The standard InChI is InChI=1S/C13H25NO4/c1-3-18-10(2)8-14-9-13(17)6-4-11(5-7-13)12(15)16/h10-11,14,17H,3-9H2,1-2H3,(H,15,16). The topological polar surface area (TPSA) is 78.8 Å². The van der Waals surface area contributed by atoms with Crippen LogP contribution in [0.2, 0.25) is 0 Å². The summed E-state index contributed by atoms with van der Waals surface area (Å²) in [5, 5.41) is 22.4.